The van der Waals surface area contributed by atoms with E-state index in [0.29, 0.717) is 53.6 Å². The van der Waals surface area contributed by atoms with Crippen molar-refractivity contribution in [1.82, 2.24) is 24.5 Å². The Hall–Kier alpha value is -3.44. The van der Waals surface area contributed by atoms with Gasteiger partial charge in [0.25, 0.3) is 11.5 Å². The topological polar surface area (TPSA) is 124 Å². The standard InChI is InChI=1S/C23H27N7O4/c1-24-16-8-19(26-15-4-3-7-29(23(15)32)20-12-10-34-11-13(12)20)28-30-17(9-25-21(16)30)22(31)27-14-5-6-18(14)33-2/h3-4,7-9,12-14,18,20,24H,5-6,10-11H2,1-2H3,(H,26,28)(H,27,31)/t12-,13+,14-,18-,20?/m0/s1. The summed E-state index contributed by atoms with van der Waals surface area (Å²) < 4.78 is 14.1. The SMILES string of the molecule is CNc1cc(Nc2cccn(C3[C@H]4COC[C@@H]34)c2=O)nn2c(C(=O)N[C@H]3CC[C@@H]3OC)cnc12. The molecule has 1 aliphatic heterocycles. The van der Waals surface area contributed by atoms with Gasteiger partial charge in [-0.2, -0.15) is 0 Å². The van der Waals surface area contributed by atoms with Crippen molar-refractivity contribution in [3.8, 4) is 0 Å². The molecule has 4 heterocycles. The molecule has 3 aliphatic rings. The molecule has 3 aromatic rings. The number of hydrogen-bond acceptors (Lipinski definition) is 8. The van der Waals surface area contributed by atoms with Crippen LogP contribution in [0.25, 0.3) is 5.65 Å². The second-order valence-electron chi connectivity index (χ2n) is 9.12. The number of fused-ring (bicyclic) bond motifs is 2. The van der Waals surface area contributed by atoms with E-state index in [2.05, 4.69) is 26.0 Å². The molecule has 2 aliphatic carbocycles. The number of nitrogens with one attached hydrogen (secondary N) is 3. The first-order valence-corrected chi connectivity index (χ1v) is 11.5. The van der Waals surface area contributed by atoms with Crippen LogP contribution in [0.5, 0.6) is 0 Å². The summed E-state index contributed by atoms with van der Waals surface area (Å²) >= 11 is 0. The average molecular weight is 466 g/mol. The number of pyridine rings is 1. The Morgan fingerprint density at radius 3 is 2.76 bits per heavy atom. The van der Waals surface area contributed by atoms with Crippen molar-refractivity contribution in [2.45, 2.75) is 31.0 Å². The fourth-order valence-electron chi connectivity index (χ4n) is 5.13. The lowest BCUT2D eigenvalue weighted by Crippen LogP contribution is -2.51. The zero-order valence-electron chi connectivity index (χ0n) is 19.0. The van der Waals surface area contributed by atoms with Crippen LogP contribution in [-0.4, -0.2) is 64.6 Å². The van der Waals surface area contributed by atoms with Crippen molar-refractivity contribution in [1.29, 1.82) is 0 Å². The largest absolute Gasteiger partial charge is 0.385 e. The number of methoxy groups -OCH3 is 1. The van der Waals surface area contributed by atoms with Crippen molar-refractivity contribution in [2.24, 2.45) is 11.8 Å². The molecule has 1 unspecified atom stereocenters. The van der Waals surface area contributed by atoms with Crippen LogP contribution in [-0.2, 0) is 9.47 Å². The first-order chi connectivity index (χ1) is 16.6. The minimum Gasteiger partial charge on any atom is -0.385 e. The number of hydrogen-bond donors (Lipinski definition) is 3. The summed E-state index contributed by atoms with van der Waals surface area (Å²) in [4.78, 5) is 30.5. The van der Waals surface area contributed by atoms with Gasteiger partial charge in [-0.15, -0.1) is 5.10 Å². The molecule has 178 valence electrons. The van der Waals surface area contributed by atoms with Crippen LogP contribution < -0.4 is 21.5 Å². The molecule has 1 amide bonds. The lowest BCUT2D eigenvalue weighted by molar-refractivity contribution is 0.00718. The molecule has 5 atom stereocenters. The van der Waals surface area contributed by atoms with Gasteiger partial charge in [0.15, 0.2) is 17.2 Å². The number of ether oxygens (including phenoxy) is 2. The molecule has 0 spiro atoms. The van der Waals surface area contributed by atoms with E-state index in [1.54, 1.807) is 30.9 Å². The number of aromatic nitrogens is 4. The third-order valence-corrected chi connectivity index (χ3v) is 7.27. The Morgan fingerprint density at radius 2 is 2.06 bits per heavy atom. The highest BCUT2D eigenvalue weighted by Gasteiger charge is 2.55. The third-order valence-electron chi connectivity index (χ3n) is 7.27. The number of amides is 1. The quantitative estimate of drug-likeness (QED) is 0.478. The van der Waals surface area contributed by atoms with Gasteiger partial charge in [0, 0.05) is 44.3 Å². The Morgan fingerprint density at radius 1 is 1.24 bits per heavy atom. The van der Waals surface area contributed by atoms with Crippen molar-refractivity contribution < 1.29 is 14.3 Å². The van der Waals surface area contributed by atoms with Crippen LogP contribution in [0, 0.1) is 11.8 Å². The van der Waals surface area contributed by atoms with Gasteiger partial charge in [0.2, 0.25) is 0 Å². The molecule has 34 heavy (non-hydrogen) atoms. The van der Waals surface area contributed by atoms with E-state index in [0.717, 1.165) is 12.8 Å². The lowest BCUT2D eigenvalue weighted by atomic mass is 9.89. The van der Waals surface area contributed by atoms with Crippen molar-refractivity contribution >= 4 is 28.7 Å². The van der Waals surface area contributed by atoms with Gasteiger partial charge in [-0.3, -0.25) is 9.59 Å². The highest BCUT2D eigenvalue weighted by Crippen LogP contribution is 2.53. The fraction of sp³-hybridized carbons (Fsp3) is 0.478. The van der Waals surface area contributed by atoms with E-state index < -0.39 is 0 Å². The maximum atomic E-state index is 13.2. The van der Waals surface area contributed by atoms with Gasteiger partial charge in [0.05, 0.1) is 37.2 Å². The van der Waals surface area contributed by atoms with Crippen LogP contribution in [0.2, 0.25) is 0 Å². The Balaban J connectivity index is 1.30. The summed E-state index contributed by atoms with van der Waals surface area (Å²) in [6.45, 7) is 1.42. The van der Waals surface area contributed by atoms with E-state index in [9.17, 15) is 9.59 Å². The molecule has 11 nitrogen and oxygen atoms in total. The lowest BCUT2D eigenvalue weighted by Gasteiger charge is -2.35. The van der Waals surface area contributed by atoms with Gasteiger partial charge in [0.1, 0.15) is 5.69 Å². The predicted molar refractivity (Wildman–Crippen MR) is 125 cm³/mol. The summed E-state index contributed by atoms with van der Waals surface area (Å²) in [6.07, 6.45) is 5.16. The molecule has 6 rings (SSSR count). The maximum Gasteiger partial charge on any atom is 0.274 e. The van der Waals surface area contributed by atoms with Gasteiger partial charge < -0.3 is 30.0 Å². The first-order valence-electron chi connectivity index (χ1n) is 11.5. The Labute approximate surface area is 195 Å². The van der Waals surface area contributed by atoms with Crippen molar-refractivity contribution in [3.05, 3.63) is 46.6 Å². The van der Waals surface area contributed by atoms with Gasteiger partial charge in [-0.05, 0) is 25.0 Å². The summed E-state index contributed by atoms with van der Waals surface area (Å²) in [6, 6.07) is 5.53. The van der Waals surface area contributed by atoms with Crippen molar-refractivity contribution in [2.75, 3.05) is 38.0 Å². The minimum atomic E-state index is -0.268. The molecule has 0 aromatic carbocycles. The molecule has 2 saturated carbocycles. The number of imidazole rings is 1. The van der Waals surface area contributed by atoms with Gasteiger partial charge >= 0.3 is 0 Å². The molecule has 0 radical (unpaired) electrons. The predicted octanol–water partition coefficient (Wildman–Crippen LogP) is 1.40. The first kappa shape index (κ1) is 21.1. The van der Waals surface area contributed by atoms with Crippen LogP contribution in [0.15, 0.2) is 35.4 Å². The normalized spacial score (nSPS) is 27.2. The van der Waals surface area contributed by atoms with Crippen LogP contribution in [0.4, 0.5) is 17.2 Å². The van der Waals surface area contributed by atoms with Crippen LogP contribution >= 0.6 is 0 Å². The zero-order valence-corrected chi connectivity index (χ0v) is 19.0. The summed E-state index contributed by atoms with van der Waals surface area (Å²) in [7, 11) is 3.42. The molecular formula is C23H27N7O4. The van der Waals surface area contributed by atoms with Crippen LogP contribution in [0.3, 0.4) is 0 Å². The second-order valence-corrected chi connectivity index (χ2v) is 9.12. The zero-order chi connectivity index (χ0) is 23.4. The second kappa shape index (κ2) is 8.10. The Bertz CT molecular complexity index is 1310. The van der Waals surface area contributed by atoms with E-state index in [-0.39, 0.29) is 29.7 Å². The molecule has 0 bridgehead atoms. The number of carbonyl (C=O) groups excluding carboxylic acids is 1. The Kier molecular flexibility index (Phi) is 5.03. The van der Waals surface area contributed by atoms with Gasteiger partial charge in [-0.25, -0.2) is 9.50 Å². The smallest absolute Gasteiger partial charge is 0.274 e. The van der Waals surface area contributed by atoms with Crippen LogP contribution in [0.1, 0.15) is 29.4 Å². The average Bonchev–Trinajstić information content (AvgIpc) is 3.15. The molecule has 3 fully saturated rings. The highest BCUT2D eigenvalue weighted by atomic mass is 16.5. The number of carbonyl (C=O) groups is 1. The maximum absolute atomic E-state index is 13.2. The minimum absolute atomic E-state index is 0.0248. The molecule has 1 saturated heterocycles. The summed E-state index contributed by atoms with van der Waals surface area (Å²) in [5, 5.41) is 13.8. The van der Waals surface area contributed by atoms with E-state index >= 15 is 0 Å². The van der Waals surface area contributed by atoms with E-state index in [1.807, 2.05) is 12.3 Å². The number of anilines is 3. The van der Waals surface area contributed by atoms with E-state index in [4.69, 9.17) is 9.47 Å². The molecule has 3 N–H and O–H groups in total. The molecular weight excluding hydrogens is 438 g/mol. The monoisotopic (exact) mass is 465 g/mol. The highest BCUT2D eigenvalue weighted by molar-refractivity contribution is 5.94. The van der Waals surface area contributed by atoms with E-state index in [1.165, 1.54) is 10.7 Å². The number of nitrogens with zero attached hydrogens (tertiary/aromatic N) is 4. The summed E-state index contributed by atoms with van der Waals surface area (Å²) in [5.41, 5.74) is 1.83. The van der Waals surface area contributed by atoms with Gasteiger partial charge in [-0.1, -0.05) is 0 Å². The molecule has 3 aromatic heterocycles. The van der Waals surface area contributed by atoms with Crippen molar-refractivity contribution in [3.63, 3.8) is 0 Å². The molecule has 11 heteroatoms. The fourth-order valence-corrected chi connectivity index (χ4v) is 5.13. The number of rotatable bonds is 7. The summed E-state index contributed by atoms with van der Waals surface area (Å²) in [5.74, 6) is 0.990. The third kappa shape index (κ3) is 3.34.